The fourth-order valence-electron chi connectivity index (χ4n) is 3.16. The molecule has 0 fully saturated rings. The predicted molar refractivity (Wildman–Crippen MR) is 117 cm³/mol. The van der Waals surface area contributed by atoms with Crippen LogP contribution >= 0.6 is 23.1 Å². The zero-order valence-electron chi connectivity index (χ0n) is 16.6. The Kier molecular flexibility index (Phi) is 7.28. The van der Waals surface area contributed by atoms with Gasteiger partial charge >= 0.3 is 0 Å². The lowest BCUT2D eigenvalue weighted by Gasteiger charge is -2.08. The second-order valence-electron chi connectivity index (χ2n) is 6.46. The van der Waals surface area contributed by atoms with E-state index in [1.165, 1.54) is 33.3 Å². The number of thioether (sulfide) groups is 1. The summed E-state index contributed by atoms with van der Waals surface area (Å²) in [4.78, 5) is 13.5. The number of benzene rings is 1. The van der Waals surface area contributed by atoms with E-state index in [0.29, 0.717) is 12.3 Å². The molecule has 148 valence electrons. The molecule has 0 unspecified atom stereocenters. The maximum Gasteiger partial charge on any atom is 0.230 e. The van der Waals surface area contributed by atoms with Gasteiger partial charge in [-0.15, -0.1) is 21.5 Å². The van der Waals surface area contributed by atoms with E-state index in [1.54, 1.807) is 11.3 Å². The van der Waals surface area contributed by atoms with Crippen LogP contribution in [0.25, 0.3) is 11.4 Å². The first-order valence-corrected chi connectivity index (χ1v) is 11.4. The standard InChI is InChI=1S/C21H26N4OS2/c1-4-17-15(3)27-13-18(17)20-23-24-21(25(20)5-2)28-14-19(26)22-12-11-16-9-7-6-8-10-16/h6-10,13H,4-5,11-12,14H2,1-3H3,(H,22,26). The highest BCUT2D eigenvalue weighted by molar-refractivity contribution is 7.99. The molecule has 5 nitrogen and oxygen atoms in total. The lowest BCUT2D eigenvalue weighted by atomic mass is 10.1. The van der Waals surface area contributed by atoms with Gasteiger partial charge in [0.1, 0.15) is 0 Å². The van der Waals surface area contributed by atoms with Crippen LogP contribution in [0.3, 0.4) is 0 Å². The van der Waals surface area contributed by atoms with Crippen LogP contribution in [-0.2, 0) is 24.2 Å². The smallest absolute Gasteiger partial charge is 0.230 e. The molecule has 0 radical (unpaired) electrons. The van der Waals surface area contributed by atoms with E-state index in [-0.39, 0.29) is 5.91 Å². The number of rotatable bonds is 9. The highest BCUT2D eigenvalue weighted by Crippen LogP contribution is 2.32. The zero-order valence-corrected chi connectivity index (χ0v) is 18.2. The highest BCUT2D eigenvalue weighted by Gasteiger charge is 2.18. The van der Waals surface area contributed by atoms with E-state index in [1.807, 2.05) is 18.2 Å². The molecular formula is C21H26N4OS2. The molecular weight excluding hydrogens is 388 g/mol. The summed E-state index contributed by atoms with van der Waals surface area (Å²) < 4.78 is 2.10. The van der Waals surface area contributed by atoms with E-state index in [4.69, 9.17) is 0 Å². The quantitative estimate of drug-likeness (QED) is 0.529. The Morgan fingerprint density at radius 2 is 2.00 bits per heavy atom. The summed E-state index contributed by atoms with van der Waals surface area (Å²) in [5.74, 6) is 1.26. The summed E-state index contributed by atoms with van der Waals surface area (Å²) >= 11 is 3.19. The highest BCUT2D eigenvalue weighted by atomic mass is 32.2. The molecule has 0 aliphatic heterocycles. The second-order valence-corrected chi connectivity index (χ2v) is 8.49. The summed E-state index contributed by atoms with van der Waals surface area (Å²) in [6.45, 7) is 7.82. The second kappa shape index (κ2) is 9.89. The fourth-order valence-corrected chi connectivity index (χ4v) is 4.93. The average molecular weight is 415 g/mol. The van der Waals surface area contributed by atoms with Crippen molar-refractivity contribution in [2.45, 2.75) is 45.3 Å². The van der Waals surface area contributed by atoms with Crippen molar-refractivity contribution >= 4 is 29.0 Å². The third-order valence-corrected chi connectivity index (χ3v) is 6.56. The number of nitrogens with one attached hydrogen (secondary N) is 1. The van der Waals surface area contributed by atoms with Crippen molar-refractivity contribution in [1.82, 2.24) is 20.1 Å². The molecule has 1 N–H and O–H groups in total. The number of carbonyl (C=O) groups is 1. The van der Waals surface area contributed by atoms with Crippen LogP contribution in [0.4, 0.5) is 0 Å². The van der Waals surface area contributed by atoms with Crippen molar-refractivity contribution in [2.75, 3.05) is 12.3 Å². The molecule has 1 aromatic carbocycles. The van der Waals surface area contributed by atoms with Crippen molar-refractivity contribution in [3.63, 3.8) is 0 Å². The summed E-state index contributed by atoms with van der Waals surface area (Å²) in [5, 5.41) is 14.7. The Labute approximate surface area is 174 Å². The Morgan fingerprint density at radius 3 is 2.71 bits per heavy atom. The van der Waals surface area contributed by atoms with Crippen molar-refractivity contribution in [1.29, 1.82) is 0 Å². The van der Waals surface area contributed by atoms with Crippen LogP contribution in [0.15, 0.2) is 40.9 Å². The van der Waals surface area contributed by atoms with Gasteiger partial charge in [-0.25, -0.2) is 0 Å². The van der Waals surface area contributed by atoms with Gasteiger partial charge in [0.2, 0.25) is 5.91 Å². The van der Waals surface area contributed by atoms with E-state index < -0.39 is 0 Å². The molecule has 0 aliphatic rings. The molecule has 0 spiro atoms. The van der Waals surface area contributed by atoms with E-state index >= 15 is 0 Å². The number of hydrogen-bond acceptors (Lipinski definition) is 5. The molecule has 7 heteroatoms. The number of carbonyl (C=O) groups excluding carboxylic acids is 1. The van der Waals surface area contributed by atoms with Crippen LogP contribution < -0.4 is 5.32 Å². The first kappa shape index (κ1) is 20.6. The maximum absolute atomic E-state index is 12.2. The molecule has 0 atom stereocenters. The number of hydrogen-bond donors (Lipinski definition) is 1. The molecule has 28 heavy (non-hydrogen) atoms. The number of aryl methyl sites for hydroxylation is 1. The Hall–Kier alpha value is -2.12. The maximum atomic E-state index is 12.2. The predicted octanol–water partition coefficient (Wildman–Crippen LogP) is 4.35. The van der Waals surface area contributed by atoms with E-state index in [2.05, 4.69) is 58.4 Å². The minimum atomic E-state index is 0.0220. The van der Waals surface area contributed by atoms with Crippen LogP contribution in [0.2, 0.25) is 0 Å². The van der Waals surface area contributed by atoms with Gasteiger partial charge in [0.15, 0.2) is 11.0 Å². The average Bonchev–Trinajstić information content (AvgIpc) is 3.29. The molecule has 0 bridgehead atoms. The van der Waals surface area contributed by atoms with Gasteiger partial charge < -0.3 is 9.88 Å². The zero-order chi connectivity index (χ0) is 19.9. The van der Waals surface area contributed by atoms with Gasteiger partial charge in [-0.2, -0.15) is 0 Å². The molecule has 3 rings (SSSR count). The van der Waals surface area contributed by atoms with Crippen LogP contribution in [-0.4, -0.2) is 33.0 Å². The van der Waals surface area contributed by atoms with Crippen molar-refractivity contribution in [3.05, 3.63) is 51.7 Å². The number of aromatic nitrogens is 3. The van der Waals surface area contributed by atoms with E-state index in [0.717, 1.165) is 30.4 Å². The van der Waals surface area contributed by atoms with Gasteiger partial charge in [-0.3, -0.25) is 4.79 Å². The number of amides is 1. The van der Waals surface area contributed by atoms with Gasteiger partial charge in [-0.05, 0) is 37.8 Å². The largest absolute Gasteiger partial charge is 0.355 e. The topological polar surface area (TPSA) is 59.8 Å². The van der Waals surface area contributed by atoms with Crippen LogP contribution in [0.1, 0.15) is 29.9 Å². The van der Waals surface area contributed by atoms with Gasteiger partial charge in [-0.1, -0.05) is 49.0 Å². The minimum Gasteiger partial charge on any atom is -0.355 e. The first-order chi connectivity index (χ1) is 13.6. The van der Waals surface area contributed by atoms with E-state index in [9.17, 15) is 4.79 Å². The summed E-state index contributed by atoms with van der Waals surface area (Å²) in [6.07, 6.45) is 1.82. The monoisotopic (exact) mass is 414 g/mol. The fraction of sp³-hybridized carbons (Fsp3) is 0.381. The molecule has 0 aliphatic carbocycles. The Balaban J connectivity index is 1.58. The van der Waals surface area contributed by atoms with Gasteiger partial charge in [0.25, 0.3) is 0 Å². The summed E-state index contributed by atoms with van der Waals surface area (Å²) in [7, 11) is 0. The van der Waals surface area contributed by atoms with Gasteiger partial charge in [0.05, 0.1) is 5.75 Å². The third kappa shape index (κ3) is 4.83. The minimum absolute atomic E-state index is 0.0220. The van der Waals surface area contributed by atoms with Crippen LogP contribution in [0, 0.1) is 6.92 Å². The Morgan fingerprint density at radius 1 is 1.21 bits per heavy atom. The summed E-state index contributed by atoms with van der Waals surface area (Å²) in [5.41, 5.74) is 3.73. The Bertz CT molecular complexity index is 918. The third-order valence-electron chi connectivity index (χ3n) is 4.64. The normalized spacial score (nSPS) is 11.0. The van der Waals surface area contributed by atoms with Crippen molar-refractivity contribution < 1.29 is 4.79 Å². The summed E-state index contributed by atoms with van der Waals surface area (Å²) in [6, 6.07) is 10.2. The molecule has 2 heterocycles. The molecule has 2 aromatic heterocycles. The molecule has 3 aromatic rings. The number of nitrogens with zero attached hydrogens (tertiary/aromatic N) is 3. The van der Waals surface area contributed by atoms with Crippen molar-refractivity contribution in [3.8, 4) is 11.4 Å². The lowest BCUT2D eigenvalue weighted by molar-refractivity contribution is -0.118. The molecule has 0 saturated heterocycles. The lowest BCUT2D eigenvalue weighted by Crippen LogP contribution is -2.27. The molecule has 0 saturated carbocycles. The van der Waals surface area contributed by atoms with Crippen molar-refractivity contribution in [2.24, 2.45) is 0 Å². The SMILES string of the molecule is CCc1c(-c2nnc(SCC(=O)NCCc3ccccc3)n2CC)csc1C. The number of thiophene rings is 1. The first-order valence-electron chi connectivity index (χ1n) is 9.58. The molecule has 1 amide bonds. The van der Waals surface area contributed by atoms with Gasteiger partial charge in [0, 0.05) is 28.9 Å². The van der Waals surface area contributed by atoms with Crippen LogP contribution in [0.5, 0.6) is 0 Å².